The van der Waals surface area contributed by atoms with E-state index in [1.54, 1.807) is 11.3 Å². The van der Waals surface area contributed by atoms with E-state index in [-0.39, 0.29) is 0 Å². The summed E-state index contributed by atoms with van der Waals surface area (Å²) in [6, 6.07) is 8.73. The number of hydrogen-bond acceptors (Lipinski definition) is 3. The minimum atomic E-state index is 0.699. The van der Waals surface area contributed by atoms with E-state index in [2.05, 4.69) is 45.4 Å². The fourth-order valence-electron chi connectivity index (χ4n) is 2.37. The van der Waals surface area contributed by atoms with Crippen molar-refractivity contribution >= 4 is 22.2 Å². The molecular formula is C15H17N3S. The third-order valence-corrected chi connectivity index (χ3v) is 4.09. The van der Waals surface area contributed by atoms with Crippen molar-refractivity contribution in [3.63, 3.8) is 0 Å². The molecule has 2 heterocycles. The molecule has 98 valence electrons. The zero-order valence-corrected chi connectivity index (χ0v) is 11.8. The number of benzene rings is 1. The number of aromatic nitrogens is 2. The summed E-state index contributed by atoms with van der Waals surface area (Å²) >= 11 is 1.70. The molecule has 1 aromatic carbocycles. The van der Waals surface area contributed by atoms with Gasteiger partial charge in [0.05, 0.1) is 17.2 Å². The van der Waals surface area contributed by atoms with Crippen LogP contribution in [0.5, 0.6) is 0 Å². The number of nitrogens with two attached hydrogens (primary N) is 1. The highest BCUT2D eigenvalue weighted by molar-refractivity contribution is 7.09. The summed E-state index contributed by atoms with van der Waals surface area (Å²) in [5, 5.41) is 4.53. The molecular weight excluding hydrogens is 254 g/mol. The molecule has 0 atom stereocenters. The fraction of sp³-hybridized carbons (Fsp3) is 0.267. The van der Waals surface area contributed by atoms with Crippen LogP contribution in [0.15, 0.2) is 35.8 Å². The maximum Gasteiger partial charge on any atom is 0.0898 e. The second kappa shape index (κ2) is 5.15. The van der Waals surface area contributed by atoms with Crippen molar-refractivity contribution in [2.75, 3.05) is 6.54 Å². The molecule has 2 N–H and O–H groups in total. The monoisotopic (exact) mass is 271 g/mol. The molecule has 19 heavy (non-hydrogen) atoms. The lowest BCUT2D eigenvalue weighted by atomic mass is 10.1. The number of hydrogen-bond donors (Lipinski definition) is 1. The summed E-state index contributed by atoms with van der Waals surface area (Å²) < 4.78 is 2.25. The Hall–Kier alpha value is -1.65. The van der Waals surface area contributed by atoms with Crippen LogP contribution in [0.25, 0.3) is 10.9 Å². The molecule has 0 fully saturated rings. The molecule has 0 radical (unpaired) electrons. The van der Waals surface area contributed by atoms with Gasteiger partial charge < -0.3 is 10.3 Å². The van der Waals surface area contributed by atoms with Crippen LogP contribution >= 0.6 is 11.3 Å². The van der Waals surface area contributed by atoms with Gasteiger partial charge in [-0.15, -0.1) is 11.3 Å². The lowest BCUT2D eigenvalue weighted by Crippen LogP contribution is -2.02. The molecule has 2 aromatic heterocycles. The summed E-state index contributed by atoms with van der Waals surface area (Å²) in [7, 11) is 0. The van der Waals surface area contributed by atoms with E-state index in [4.69, 9.17) is 5.73 Å². The Kier molecular flexibility index (Phi) is 3.36. The van der Waals surface area contributed by atoms with Crippen LogP contribution in [0.3, 0.4) is 0 Å². The first-order valence-electron chi connectivity index (χ1n) is 6.45. The molecule has 0 unspecified atom stereocenters. The van der Waals surface area contributed by atoms with E-state index in [1.807, 2.05) is 6.92 Å². The van der Waals surface area contributed by atoms with Crippen molar-refractivity contribution in [3.8, 4) is 0 Å². The summed E-state index contributed by atoms with van der Waals surface area (Å²) in [5.74, 6) is 0. The minimum Gasteiger partial charge on any atom is -0.341 e. The molecule has 0 aliphatic rings. The fourth-order valence-corrected chi connectivity index (χ4v) is 2.97. The van der Waals surface area contributed by atoms with Crippen LogP contribution in [0.4, 0.5) is 0 Å². The van der Waals surface area contributed by atoms with Crippen molar-refractivity contribution in [1.82, 2.24) is 9.55 Å². The van der Waals surface area contributed by atoms with Gasteiger partial charge in [0.25, 0.3) is 0 Å². The van der Waals surface area contributed by atoms with Crippen molar-refractivity contribution in [2.45, 2.75) is 19.9 Å². The summed E-state index contributed by atoms with van der Waals surface area (Å²) in [6.45, 7) is 3.58. The predicted octanol–water partition coefficient (Wildman–Crippen LogP) is 2.96. The van der Waals surface area contributed by atoms with Gasteiger partial charge in [-0.05, 0) is 49.0 Å². The molecule has 0 aliphatic heterocycles. The van der Waals surface area contributed by atoms with Crippen LogP contribution in [-0.2, 0) is 13.0 Å². The molecule has 4 heteroatoms. The van der Waals surface area contributed by atoms with E-state index in [0.717, 1.165) is 23.7 Å². The van der Waals surface area contributed by atoms with Gasteiger partial charge in [0.1, 0.15) is 0 Å². The van der Waals surface area contributed by atoms with E-state index in [9.17, 15) is 0 Å². The number of nitrogens with zero attached hydrogens (tertiary/aromatic N) is 2. The molecule has 3 aromatic rings. The molecule has 0 saturated heterocycles. The quantitative estimate of drug-likeness (QED) is 0.793. The summed E-state index contributed by atoms with van der Waals surface area (Å²) in [6.07, 6.45) is 3.07. The van der Waals surface area contributed by atoms with Crippen LogP contribution in [0, 0.1) is 6.92 Å². The lowest BCUT2D eigenvalue weighted by molar-refractivity contribution is 0.811. The Morgan fingerprint density at radius 2 is 2.21 bits per heavy atom. The van der Waals surface area contributed by atoms with Crippen molar-refractivity contribution in [2.24, 2.45) is 5.73 Å². The summed E-state index contributed by atoms with van der Waals surface area (Å²) in [4.78, 5) is 4.52. The third kappa shape index (κ3) is 2.55. The maximum absolute atomic E-state index is 5.60. The highest BCUT2D eigenvalue weighted by Crippen LogP contribution is 2.20. The standard InChI is InChI=1S/C15H17N3S/c1-11-17-14(10-19-11)9-18-7-5-13-8-12(4-6-16)2-3-15(13)18/h2-3,5,7-8,10H,4,6,9,16H2,1H3. The number of rotatable bonds is 4. The van der Waals surface area contributed by atoms with E-state index < -0.39 is 0 Å². The van der Waals surface area contributed by atoms with Gasteiger partial charge in [-0.3, -0.25) is 0 Å². The average Bonchev–Trinajstić information content (AvgIpc) is 2.97. The Labute approximate surface area is 116 Å². The second-order valence-electron chi connectivity index (χ2n) is 4.73. The number of fused-ring (bicyclic) bond motifs is 1. The topological polar surface area (TPSA) is 43.8 Å². The van der Waals surface area contributed by atoms with Gasteiger partial charge in [-0.25, -0.2) is 4.98 Å². The first kappa shape index (κ1) is 12.4. The Balaban J connectivity index is 1.92. The molecule has 3 rings (SSSR count). The van der Waals surface area contributed by atoms with E-state index >= 15 is 0 Å². The predicted molar refractivity (Wildman–Crippen MR) is 80.6 cm³/mol. The van der Waals surface area contributed by atoms with Crippen molar-refractivity contribution < 1.29 is 0 Å². The maximum atomic E-state index is 5.60. The number of thiazole rings is 1. The van der Waals surface area contributed by atoms with Crippen molar-refractivity contribution in [1.29, 1.82) is 0 Å². The third-order valence-electron chi connectivity index (χ3n) is 3.27. The Morgan fingerprint density at radius 1 is 1.32 bits per heavy atom. The normalized spacial score (nSPS) is 11.3. The SMILES string of the molecule is Cc1nc(Cn2ccc3cc(CCN)ccc32)cs1. The van der Waals surface area contributed by atoms with Gasteiger partial charge in [0.2, 0.25) is 0 Å². The lowest BCUT2D eigenvalue weighted by Gasteiger charge is -2.04. The van der Waals surface area contributed by atoms with Gasteiger partial charge in [-0.2, -0.15) is 0 Å². The van der Waals surface area contributed by atoms with Crippen LogP contribution in [0.1, 0.15) is 16.3 Å². The molecule has 3 nitrogen and oxygen atoms in total. The minimum absolute atomic E-state index is 0.699. The zero-order valence-electron chi connectivity index (χ0n) is 11.0. The molecule has 0 spiro atoms. The van der Waals surface area contributed by atoms with Gasteiger partial charge in [0, 0.05) is 17.1 Å². The molecule has 0 aliphatic carbocycles. The number of aryl methyl sites for hydroxylation is 1. The van der Waals surface area contributed by atoms with E-state index in [0.29, 0.717) is 6.54 Å². The highest BCUT2D eigenvalue weighted by atomic mass is 32.1. The largest absolute Gasteiger partial charge is 0.341 e. The average molecular weight is 271 g/mol. The van der Waals surface area contributed by atoms with Crippen LogP contribution < -0.4 is 5.73 Å². The van der Waals surface area contributed by atoms with Gasteiger partial charge >= 0.3 is 0 Å². The van der Waals surface area contributed by atoms with Crippen LogP contribution in [-0.4, -0.2) is 16.1 Å². The highest BCUT2D eigenvalue weighted by Gasteiger charge is 2.05. The molecule has 0 saturated carbocycles. The first-order chi connectivity index (χ1) is 9.26. The van der Waals surface area contributed by atoms with E-state index in [1.165, 1.54) is 16.5 Å². The van der Waals surface area contributed by atoms with Gasteiger partial charge in [-0.1, -0.05) is 6.07 Å². The van der Waals surface area contributed by atoms with Crippen molar-refractivity contribution in [3.05, 3.63) is 52.1 Å². The smallest absolute Gasteiger partial charge is 0.0898 e. The molecule has 0 bridgehead atoms. The van der Waals surface area contributed by atoms with Gasteiger partial charge in [0.15, 0.2) is 0 Å². The summed E-state index contributed by atoms with van der Waals surface area (Å²) in [5.41, 5.74) is 9.29. The first-order valence-corrected chi connectivity index (χ1v) is 7.33. The molecule has 0 amide bonds. The van der Waals surface area contributed by atoms with Crippen LogP contribution in [0.2, 0.25) is 0 Å². The zero-order chi connectivity index (χ0) is 13.2. The Bertz CT molecular complexity index is 696. The second-order valence-corrected chi connectivity index (χ2v) is 5.80. The Morgan fingerprint density at radius 3 is 2.95 bits per heavy atom.